The molecule has 1 heterocycles. The molecule has 2 aromatic rings. The lowest BCUT2D eigenvalue weighted by Gasteiger charge is -2.09. The van der Waals surface area contributed by atoms with Crippen LogP contribution in [0.2, 0.25) is 0 Å². The van der Waals surface area contributed by atoms with Crippen LogP contribution < -0.4 is 10.6 Å². The zero-order valence-corrected chi connectivity index (χ0v) is 15.4. The van der Waals surface area contributed by atoms with Crippen molar-refractivity contribution >= 4 is 23.3 Å². The molecule has 0 saturated carbocycles. The van der Waals surface area contributed by atoms with Gasteiger partial charge in [0.2, 0.25) is 0 Å². The van der Waals surface area contributed by atoms with E-state index >= 15 is 0 Å². The lowest BCUT2D eigenvalue weighted by atomic mass is 10.1. The van der Waals surface area contributed by atoms with Gasteiger partial charge in [0.05, 0.1) is 24.1 Å². The highest BCUT2D eigenvalue weighted by Crippen LogP contribution is 2.13. The Balaban J connectivity index is 1.91. The Morgan fingerprint density at radius 2 is 1.77 bits per heavy atom. The number of aromatic nitrogens is 1. The molecule has 6 nitrogen and oxygen atoms in total. The van der Waals surface area contributed by atoms with Crippen LogP contribution in [-0.2, 0) is 4.74 Å². The van der Waals surface area contributed by atoms with Gasteiger partial charge < -0.3 is 15.4 Å². The summed E-state index contributed by atoms with van der Waals surface area (Å²) in [6.07, 6.45) is 2.73. The van der Waals surface area contributed by atoms with E-state index in [2.05, 4.69) is 29.5 Å². The molecule has 0 aliphatic carbocycles. The first-order chi connectivity index (χ1) is 12.5. The number of benzene rings is 1. The van der Waals surface area contributed by atoms with Crippen molar-refractivity contribution in [1.82, 2.24) is 4.98 Å². The molecular formula is C20H25N3O3. The lowest BCUT2D eigenvalue weighted by molar-refractivity contribution is 0.0526. The number of ether oxygens (including phenoxy) is 1. The number of carbonyl (C=O) groups is 2. The zero-order valence-electron chi connectivity index (χ0n) is 15.4. The summed E-state index contributed by atoms with van der Waals surface area (Å²) in [6.45, 7) is 7.30. The van der Waals surface area contributed by atoms with Gasteiger partial charge in [-0.25, -0.2) is 9.78 Å². The molecule has 0 saturated heterocycles. The highest BCUT2D eigenvalue weighted by Gasteiger charge is 2.10. The van der Waals surface area contributed by atoms with Gasteiger partial charge in [-0.3, -0.25) is 4.79 Å². The molecular weight excluding hydrogens is 330 g/mol. The number of nitrogens with zero attached hydrogens (tertiary/aromatic N) is 1. The van der Waals surface area contributed by atoms with Crippen molar-refractivity contribution < 1.29 is 14.3 Å². The summed E-state index contributed by atoms with van der Waals surface area (Å²) in [5.74, 6) is -0.0501. The predicted octanol–water partition coefficient (Wildman–Crippen LogP) is 3.97. The van der Waals surface area contributed by atoms with Crippen molar-refractivity contribution in [2.24, 2.45) is 5.92 Å². The maximum Gasteiger partial charge on any atom is 0.338 e. The molecule has 0 unspecified atom stereocenters. The van der Waals surface area contributed by atoms with Crippen LogP contribution in [0.25, 0.3) is 0 Å². The summed E-state index contributed by atoms with van der Waals surface area (Å²) in [5.41, 5.74) is 2.25. The van der Waals surface area contributed by atoms with E-state index in [9.17, 15) is 9.59 Å². The second-order valence-corrected chi connectivity index (χ2v) is 6.29. The Morgan fingerprint density at radius 1 is 1.08 bits per heavy atom. The van der Waals surface area contributed by atoms with Crippen molar-refractivity contribution in [3.05, 3.63) is 53.9 Å². The van der Waals surface area contributed by atoms with Crippen LogP contribution in [0.3, 0.4) is 0 Å². The maximum atomic E-state index is 12.3. The molecule has 0 fully saturated rings. The summed E-state index contributed by atoms with van der Waals surface area (Å²) in [4.78, 5) is 28.1. The fraction of sp³-hybridized carbons (Fsp3) is 0.350. The minimum absolute atomic E-state index is 0.303. The Kier molecular flexibility index (Phi) is 7.14. The smallest absolute Gasteiger partial charge is 0.338 e. The van der Waals surface area contributed by atoms with Crippen molar-refractivity contribution in [2.75, 3.05) is 23.8 Å². The highest BCUT2D eigenvalue weighted by atomic mass is 16.5. The van der Waals surface area contributed by atoms with Gasteiger partial charge >= 0.3 is 5.97 Å². The molecule has 0 aliphatic heterocycles. The van der Waals surface area contributed by atoms with Crippen molar-refractivity contribution in [3.8, 4) is 0 Å². The van der Waals surface area contributed by atoms with Gasteiger partial charge in [-0.05, 0) is 55.7 Å². The Morgan fingerprint density at radius 3 is 2.35 bits per heavy atom. The third kappa shape index (κ3) is 5.88. The van der Waals surface area contributed by atoms with E-state index in [0.717, 1.165) is 18.7 Å². The van der Waals surface area contributed by atoms with Crippen LogP contribution in [0.4, 0.5) is 11.4 Å². The summed E-state index contributed by atoms with van der Waals surface area (Å²) in [5, 5.41) is 6.04. The van der Waals surface area contributed by atoms with Gasteiger partial charge in [-0.1, -0.05) is 13.8 Å². The first kappa shape index (κ1) is 19.4. The van der Waals surface area contributed by atoms with Gasteiger partial charge in [-0.15, -0.1) is 0 Å². The number of anilines is 2. The maximum absolute atomic E-state index is 12.3. The third-order valence-electron chi connectivity index (χ3n) is 3.70. The molecule has 0 aliphatic rings. The van der Waals surface area contributed by atoms with Gasteiger partial charge in [0, 0.05) is 12.2 Å². The second-order valence-electron chi connectivity index (χ2n) is 6.29. The van der Waals surface area contributed by atoms with E-state index in [1.165, 1.54) is 0 Å². The molecule has 26 heavy (non-hydrogen) atoms. The molecule has 0 radical (unpaired) electrons. The summed E-state index contributed by atoms with van der Waals surface area (Å²) in [7, 11) is 0. The number of pyridine rings is 1. The first-order valence-electron chi connectivity index (χ1n) is 8.78. The molecule has 1 aromatic heterocycles. The molecule has 0 atom stereocenters. The fourth-order valence-corrected chi connectivity index (χ4v) is 2.24. The number of hydrogen-bond donors (Lipinski definition) is 2. The van der Waals surface area contributed by atoms with Crippen LogP contribution in [0.1, 0.15) is 48.0 Å². The van der Waals surface area contributed by atoms with Crippen LogP contribution >= 0.6 is 0 Å². The summed E-state index contributed by atoms with van der Waals surface area (Å²) in [6, 6.07) is 10.1. The van der Waals surface area contributed by atoms with E-state index in [0.29, 0.717) is 29.5 Å². The molecule has 1 aromatic carbocycles. The Bertz CT molecular complexity index is 725. The number of carbonyl (C=O) groups excluding carboxylic acids is 2. The molecule has 6 heteroatoms. The van der Waals surface area contributed by atoms with E-state index in [1.54, 1.807) is 43.5 Å². The van der Waals surface area contributed by atoms with Crippen LogP contribution in [0.5, 0.6) is 0 Å². The average molecular weight is 355 g/mol. The highest BCUT2D eigenvalue weighted by molar-refractivity contribution is 6.03. The van der Waals surface area contributed by atoms with Crippen molar-refractivity contribution in [2.45, 2.75) is 27.2 Å². The van der Waals surface area contributed by atoms with Gasteiger partial charge in [0.25, 0.3) is 5.91 Å². The molecule has 138 valence electrons. The third-order valence-corrected chi connectivity index (χ3v) is 3.70. The number of rotatable bonds is 8. The minimum atomic E-state index is -0.382. The SMILES string of the molecule is CCOC(=O)c1ccc(NC(=O)c2ccc(NCCC(C)C)cn2)cc1. The van der Waals surface area contributed by atoms with Crippen LogP contribution in [0, 0.1) is 5.92 Å². The van der Waals surface area contributed by atoms with E-state index in [-0.39, 0.29) is 11.9 Å². The molecule has 2 N–H and O–H groups in total. The summed E-state index contributed by atoms with van der Waals surface area (Å²) < 4.78 is 4.93. The Hall–Kier alpha value is -2.89. The first-order valence-corrected chi connectivity index (χ1v) is 8.78. The van der Waals surface area contributed by atoms with E-state index in [4.69, 9.17) is 4.74 Å². The molecule has 0 bridgehead atoms. The fourth-order valence-electron chi connectivity index (χ4n) is 2.24. The number of amides is 1. The van der Waals surface area contributed by atoms with E-state index < -0.39 is 0 Å². The Labute approximate surface area is 154 Å². The largest absolute Gasteiger partial charge is 0.462 e. The van der Waals surface area contributed by atoms with Gasteiger partial charge in [-0.2, -0.15) is 0 Å². The number of hydrogen-bond acceptors (Lipinski definition) is 5. The van der Waals surface area contributed by atoms with Gasteiger partial charge in [0.15, 0.2) is 0 Å². The lowest BCUT2D eigenvalue weighted by Crippen LogP contribution is -2.14. The number of nitrogens with one attached hydrogen (secondary N) is 2. The van der Waals surface area contributed by atoms with E-state index in [1.807, 2.05) is 6.07 Å². The van der Waals surface area contributed by atoms with Crippen LogP contribution in [-0.4, -0.2) is 30.0 Å². The standard InChI is InChI=1S/C20H25N3O3/c1-4-26-20(25)15-5-7-16(8-6-15)23-19(24)18-10-9-17(13-22-18)21-12-11-14(2)3/h5-10,13-14,21H,4,11-12H2,1-3H3,(H,23,24). The van der Waals surface area contributed by atoms with Crippen molar-refractivity contribution in [3.63, 3.8) is 0 Å². The quantitative estimate of drug-likeness (QED) is 0.700. The zero-order chi connectivity index (χ0) is 18.9. The monoisotopic (exact) mass is 355 g/mol. The molecule has 2 rings (SSSR count). The predicted molar refractivity (Wildman–Crippen MR) is 103 cm³/mol. The van der Waals surface area contributed by atoms with Crippen molar-refractivity contribution in [1.29, 1.82) is 0 Å². The number of esters is 1. The minimum Gasteiger partial charge on any atom is -0.462 e. The normalized spacial score (nSPS) is 10.5. The topological polar surface area (TPSA) is 80.3 Å². The molecule has 1 amide bonds. The molecule has 0 spiro atoms. The van der Waals surface area contributed by atoms with Gasteiger partial charge in [0.1, 0.15) is 5.69 Å². The average Bonchev–Trinajstić information content (AvgIpc) is 2.63. The second kappa shape index (κ2) is 9.56. The van der Waals surface area contributed by atoms with Crippen LogP contribution in [0.15, 0.2) is 42.6 Å². The summed E-state index contributed by atoms with van der Waals surface area (Å²) >= 11 is 0.